The quantitative estimate of drug-likeness (QED) is 0.580. The van der Waals surface area contributed by atoms with Crippen molar-refractivity contribution in [3.05, 3.63) is 52.6 Å². The minimum absolute atomic E-state index is 0.150. The van der Waals surface area contributed by atoms with Gasteiger partial charge in [-0.2, -0.15) is 13.2 Å². The fourth-order valence-corrected chi connectivity index (χ4v) is 3.51. The van der Waals surface area contributed by atoms with Crippen molar-refractivity contribution in [2.45, 2.75) is 51.5 Å². The number of hydrogen-bond donors (Lipinski definition) is 3. The van der Waals surface area contributed by atoms with E-state index in [0.717, 1.165) is 23.4 Å². The van der Waals surface area contributed by atoms with Gasteiger partial charge >= 0.3 is 12.2 Å². The number of nitrogens with one attached hydrogen (secondary N) is 2. The monoisotopic (exact) mass is 454 g/mol. The van der Waals surface area contributed by atoms with Gasteiger partial charge in [0.2, 0.25) is 5.95 Å². The van der Waals surface area contributed by atoms with Gasteiger partial charge in [0.05, 0.1) is 23.8 Å². The molecular weight excluding hydrogens is 428 g/mol. The molecule has 7 nitrogen and oxygen atoms in total. The Bertz CT molecular complexity index is 966. The Balaban J connectivity index is 1.74. The minimum Gasteiger partial charge on any atom is -0.352 e. The molecule has 174 valence electrons. The van der Waals surface area contributed by atoms with Crippen molar-refractivity contribution in [2.24, 2.45) is 5.73 Å². The molecule has 1 aliphatic rings. The second-order valence-corrected chi connectivity index (χ2v) is 7.95. The lowest BCUT2D eigenvalue weighted by molar-refractivity contribution is -0.140. The highest BCUT2D eigenvalue weighted by atomic mass is 19.4. The summed E-state index contributed by atoms with van der Waals surface area (Å²) in [5, 5.41) is 5.89. The van der Waals surface area contributed by atoms with Crippen LogP contribution in [-0.2, 0) is 19.1 Å². The summed E-state index contributed by atoms with van der Waals surface area (Å²) in [6.07, 6.45) is -2.24. The number of urea groups is 1. The number of carbonyl (C=O) groups excluding carboxylic acids is 1. The number of benzene rings is 1. The van der Waals surface area contributed by atoms with Crippen molar-refractivity contribution in [3.8, 4) is 0 Å². The average Bonchev–Trinajstić information content (AvgIpc) is 2.71. The number of rotatable bonds is 6. The topological polar surface area (TPSA) is 96.2 Å². The van der Waals surface area contributed by atoms with Gasteiger partial charge in [-0.25, -0.2) is 19.2 Å². The van der Waals surface area contributed by atoms with E-state index in [1.807, 2.05) is 13.8 Å². The van der Waals surface area contributed by atoms with Crippen molar-refractivity contribution >= 4 is 12.0 Å². The Hall–Kier alpha value is -2.95. The number of amides is 2. The molecule has 0 fully saturated rings. The van der Waals surface area contributed by atoms with E-state index in [-0.39, 0.29) is 31.1 Å². The van der Waals surface area contributed by atoms with Gasteiger partial charge in [-0.1, -0.05) is 6.07 Å². The van der Waals surface area contributed by atoms with Gasteiger partial charge in [0.25, 0.3) is 0 Å². The molecule has 0 saturated carbocycles. The molecule has 1 aromatic carbocycles. The lowest BCUT2D eigenvalue weighted by atomic mass is 10.0. The van der Waals surface area contributed by atoms with Gasteiger partial charge < -0.3 is 21.3 Å². The van der Waals surface area contributed by atoms with Crippen LogP contribution in [-0.4, -0.2) is 40.0 Å². The van der Waals surface area contributed by atoms with Crippen molar-refractivity contribution in [3.63, 3.8) is 0 Å². The number of nitrogens with zero attached hydrogens (tertiary/aromatic N) is 3. The second kappa shape index (κ2) is 9.68. The highest BCUT2D eigenvalue weighted by Crippen LogP contribution is 2.33. The van der Waals surface area contributed by atoms with E-state index in [1.54, 1.807) is 11.1 Å². The van der Waals surface area contributed by atoms with Crippen LogP contribution in [0.5, 0.6) is 0 Å². The summed E-state index contributed by atoms with van der Waals surface area (Å²) in [4.78, 5) is 23.2. The molecule has 4 N–H and O–H groups in total. The van der Waals surface area contributed by atoms with Gasteiger partial charge in [0, 0.05) is 18.8 Å². The standard InChI is InChI=1S/C21H26F4N6O/c1-12(2)28-19-27-10-14-6-8-31(11-18(14)29-19)20(32)30-17(5-7-26)13-3-4-15(16(22)9-13)21(23,24)25/h3-4,9-10,12,17H,5-8,11,26H2,1-2H3,(H,30,32)(H,27,28,29)/t17-/m1/s1. The molecule has 2 heterocycles. The van der Waals surface area contributed by atoms with Crippen LogP contribution in [0.25, 0.3) is 0 Å². The number of anilines is 1. The molecule has 3 rings (SSSR count). The summed E-state index contributed by atoms with van der Waals surface area (Å²) in [5.74, 6) is -0.915. The SMILES string of the molecule is CC(C)Nc1ncc2c(n1)CN(C(=O)N[C@H](CCN)c1ccc(C(F)(F)F)c(F)c1)CC2. The zero-order valence-electron chi connectivity index (χ0n) is 17.8. The summed E-state index contributed by atoms with van der Waals surface area (Å²) in [5.41, 5.74) is 6.16. The van der Waals surface area contributed by atoms with Crippen LogP contribution in [0.2, 0.25) is 0 Å². The summed E-state index contributed by atoms with van der Waals surface area (Å²) in [6, 6.07) is 1.64. The van der Waals surface area contributed by atoms with E-state index in [0.29, 0.717) is 25.0 Å². The van der Waals surface area contributed by atoms with Crippen LogP contribution in [0, 0.1) is 5.82 Å². The predicted molar refractivity (Wildman–Crippen MR) is 111 cm³/mol. The zero-order chi connectivity index (χ0) is 23.5. The number of alkyl halides is 3. The Morgan fingerprint density at radius 1 is 1.31 bits per heavy atom. The molecule has 1 aromatic heterocycles. The Labute approximate surface area is 183 Å². The third-order valence-corrected chi connectivity index (χ3v) is 5.10. The smallest absolute Gasteiger partial charge is 0.352 e. The second-order valence-electron chi connectivity index (χ2n) is 7.95. The highest BCUT2D eigenvalue weighted by Gasteiger charge is 2.34. The van der Waals surface area contributed by atoms with Crippen LogP contribution < -0.4 is 16.4 Å². The van der Waals surface area contributed by atoms with Gasteiger partial charge in [-0.15, -0.1) is 0 Å². The molecule has 2 amide bonds. The summed E-state index contributed by atoms with van der Waals surface area (Å²) in [6.45, 7) is 4.77. The zero-order valence-corrected chi connectivity index (χ0v) is 17.8. The predicted octanol–water partition coefficient (Wildman–Crippen LogP) is 3.61. The van der Waals surface area contributed by atoms with E-state index in [1.165, 1.54) is 0 Å². The van der Waals surface area contributed by atoms with Crippen LogP contribution in [0.3, 0.4) is 0 Å². The third-order valence-electron chi connectivity index (χ3n) is 5.10. The van der Waals surface area contributed by atoms with Gasteiger partial charge in [-0.05, 0) is 56.5 Å². The molecule has 0 saturated heterocycles. The number of nitrogens with two attached hydrogens (primary N) is 1. The molecule has 2 aromatic rings. The normalized spacial score (nSPS) is 14.8. The maximum Gasteiger partial charge on any atom is 0.419 e. The molecule has 1 atom stereocenters. The van der Waals surface area contributed by atoms with Crippen molar-refractivity contribution in [1.29, 1.82) is 0 Å². The maximum absolute atomic E-state index is 14.0. The number of fused-ring (bicyclic) bond motifs is 1. The molecule has 0 unspecified atom stereocenters. The van der Waals surface area contributed by atoms with Crippen molar-refractivity contribution in [1.82, 2.24) is 20.2 Å². The third kappa shape index (κ3) is 5.64. The Morgan fingerprint density at radius 2 is 2.06 bits per heavy atom. The number of halogens is 4. The van der Waals surface area contributed by atoms with Crippen LogP contribution >= 0.6 is 0 Å². The van der Waals surface area contributed by atoms with Gasteiger partial charge in [0.15, 0.2) is 0 Å². The Morgan fingerprint density at radius 3 is 2.69 bits per heavy atom. The molecule has 1 aliphatic heterocycles. The first-order valence-electron chi connectivity index (χ1n) is 10.3. The number of carbonyl (C=O) groups is 1. The molecule has 0 radical (unpaired) electrons. The van der Waals surface area contributed by atoms with Gasteiger partial charge in [0.1, 0.15) is 5.82 Å². The van der Waals surface area contributed by atoms with Crippen LogP contribution in [0.4, 0.5) is 28.3 Å². The van der Waals surface area contributed by atoms with E-state index in [2.05, 4.69) is 20.6 Å². The van der Waals surface area contributed by atoms with Crippen molar-refractivity contribution in [2.75, 3.05) is 18.4 Å². The van der Waals surface area contributed by atoms with Gasteiger partial charge in [-0.3, -0.25) is 0 Å². The summed E-state index contributed by atoms with van der Waals surface area (Å²) in [7, 11) is 0. The summed E-state index contributed by atoms with van der Waals surface area (Å²) < 4.78 is 52.6. The largest absolute Gasteiger partial charge is 0.419 e. The fourth-order valence-electron chi connectivity index (χ4n) is 3.51. The first-order valence-corrected chi connectivity index (χ1v) is 10.3. The lowest BCUT2D eigenvalue weighted by Crippen LogP contribution is -2.44. The maximum atomic E-state index is 14.0. The van der Waals surface area contributed by atoms with E-state index in [9.17, 15) is 22.4 Å². The van der Waals surface area contributed by atoms with E-state index in [4.69, 9.17) is 5.73 Å². The molecule has 0 spiro atoms. The molecule has 0 aliphatic carbocycles. The molecular formula is C21H26F4N6O. The molecule has 32 heavy (non-hydrogen) atoms. The number of aromatic nitrogens is 2. The Kier molecular flexibility index (Phi) is 7.17. The highest BCUT2D eigenvalue weighted by molar-refractivity contribution is 5.75. The molecule has 11 heteroatoms. The molecule has 0 bridgehead atoms. The summed E-state index contributed by atoms with van der Waals surface area (Å²) >= 11 is 0. The first-order chi connectivity index (χ1) is 15.1. The van der Waals surface area contributed by atoms with Crippen molar-refractivity contribution < 1.29 is 22.4 Å². The van der Waals surface area contributed by atoms with E-state index >= 15 is 0 Å². The lowest BCUT2D eigenvalue weighted by Gasteiger charge is -2.30. The average molecular weight is 454 g/mol. The fraction of sp³-hybridized carbons (Fsp3) is 0.476. The first kappa shape index (κ1) is 23.7. The van der Waals surface area contributed by atoms with Crippen LogP contribution in [0.1, 0.15) is 48.7 Å². The van der Waals surface area contributed by atoms with Crippen LogP contribution in [0.15, 0.2) is 24.4 Å². The minimum atomic E-state index is -4.79. The van der Waals surface area contributed by atoms with E-state index < -0.39 is 29.6 Å². The number of hydrogen-bond acceptors (Lipinski definition) is 5.